The van der Waals surface area contributed by atoms with Crippen molar-refractivity contribution in [2.45, 2.75) is 6.54 Å². The van der Waals surface area contributed by atoms with E-state index in [9.17, 15) is 8.42 Å². The Balaban J connectivity index is 2.23. The molecular formula is C9H9IN2O3S. The fourth-order valence-corrected chi connectivity index (χ4v) is 2.97. The Kier molecular flexibility index (Phi) is 2.98. The van der Waals surface area contributed by atoms with E-state index in [0.29, 0.717) is 0 Å². The molecule has 0 aliphatic carbocycles. The highest BCUT2D eigenvalue weighted by Crippen LogP contribution is 2.16. The molecule has 0 amide bonds. The van der Waals surface area contributed by atoms with Gasteiger partial charge in [0.05, 0.1) is 12.7 Å². The second-order valence-corrected chi connectivity index (χ2v) is 6.17. The van der Waals surface area contributed by atoms with Crippen LogP contribution in [0.25, 0.3) is 0 Å². The lowest BCUT2D eigenvalue weighted by molar-refractivity contribution is 0.390. The van der Waals surface area contributed by atoms with Crippen molar-refractivity contribution in [3.8, 4) is 0 Å². The summed E-state index contributed by atoms with van der Waals surface area (Å²) >= 11 is 2.16. The average molecular weight is 352 g/mol. The zero-order valence-electron chi connectivity index (χ0n) is 8.09. The first kappa shape index (κ1) is 11.5. The van der Waals surface area contributed by atoms with Gasteiger partial charge in [-0.1, -0.05) is 12.1 Å². The second-order valence-electron chi connectivity index (χ2n) is 3.30. The number of aliphatic hydroxyl groups excluding tert-OH is 1. The van der Waals surface area contributed by atoms with Gasteiger partial charge in [0.15, 0.2) is 0 Å². The number of benzene rings is 1. The van der Waals surface area contributed by atoms with Crippen LogP contribution in [0.4, 0.5) is 0 Å². The highest BCUT2D eigenvalue weighted by atomic mass is 127. The summed E-state index contributed by atoms with van der Waals surface area (Å²) in [5, 5.41) is 9.10. The molecule has 1 aromatic rings. The molecule has 1 aliphatic rings. The van der Waals surface area contributed by atoms with Gasteiger partial charge < -0.3 is 5.11 Å². The summed E-state index contributed by atoms with van der Waals surface area (Å²) in [7, 11) is -3.61. The summed E-state index contributed by atoms with van der Waals surface area (Å²) < 4.78 is 27.0. The van der Waals surface area contributed by atoms with Crippen molar-refractivity contribution in [1.82, 2.24) is 9.03 Å². The van der Waals surface area contributed by atoms with Crippen LogP contribution in [-0.4, -0.2) is 17.8 Å². The summed E-state index contributed by atoms with van der Waals surface area (Å²) in [6.45, 7) is 0.205. The van der Waals surface area contributed by atoms with Gasteiger partial charge in [0.25, 0.3) is 0 Å². The van der Waals surface area contributed by atoms with E-state index in [-0.39, 0.29) is 12.4 Å². The standard InChI is InChI=1S/C9H9IN2O3S/c10-8-3-1-2-7(4-8)5-12-6-9(13)11-16(12,14)15/h1-4,6,11,13H,5H2. The second kappa shape index (κ2) is 4.13. The quantitative estimate of drug-likeness (QED) is 0.789. The number of hydrogen-bond donors (Lipinski definition) is 2. The van der Waals surface area contributed by atoms with Gasteiger partial charge in [0, 0.05) is 3.57 Å². The van der Waals surface area contributed by atoms with Crippen LogP contribution in [0.5, 0.6) is 0 Å². The summed E-state index contributed by atoms with van der Waals surface area (Å²) in [4.78, 5) is 0. The van der Waals surface area contributed by atoms with E-state index in [2.05, 4.69) is 22.6 Å². The van der Waals surface area contributed by atoms with Crippen LogP contribution in [0.15, 0.2) is 36.3 Å². The molecule has 1 heterocycles. The van der Waals surface area contributed by atoms with Crippen molar-refractivity contribution >= 4 is 32.8 Å². The van der Waals surface area contributed by atoms with E-state index >= 15 is 0 Å². The average Bonchev–Trinajstić information content (AvgIpc) is 2.39. The minimum atomic E-state index is -3.61. The maximum Gasteiger partial charge on any atom is 0.326 e. The van der Waals surface area contributed by atoms with Crippen molar-refractivity contribution in [2.75, 3.05) is 0 Å². The first-order valence-corrected chi connectivity index (χ1v) is 6.94. The molecule has 5 nitrogen and oxygen atoms in total. The van der Waals surface area contributed by atoms with Gasteiger partial charge in [0.2, 0.25) is 5.88 Å². The van der Waals surface area contributed by atoms with Crippen LogP contribution in [0.2, 0.25) is 0 Å². The number of nitrogens with one attached hydrogen (secondary N) is 1. The number of hydrogen-bond acceptors (Lipinski definition) is 3. The normalized spacial score (nSPS) is 18.1. The molecule has 0 atom stereocenters. The van der Waals surface area contributed by atoms with Crippen LogP contribution in [0, 0.1) is 3.57 Å². The van der Waals surface area contributed by atoms with Gasteiger partial charge in [-0.2, -0.15) is 8.42 Å². The smallest absolute Gasteiger partial charge is 0.326 e. The molecule has 0 bridgehead atoms. The van der Waals surface area contributed by atoms with Crippen LogP contribution in [0.1, 0.15) is 5.56 Å². The zero-order valence-corrected chi connectivity index (χ0v) is 11.1. The summed E-state index contributed by atoms with van der Waals surface area (Å²) in [6, 6.07) is 7.51. The van der Waals surface area contributed by atoms with E-state index < -0.39 is 10.2 Å². The Morgan fingerprint density at radius 3 is 2.75 bits per heavy atom. The maximum atomic E-state index is 11.5. The van der Waals surface area contributed by atoms with Crippen molar-refractivity contribution in [1.29, 1.82) is 0 Å². The van der Waals surface area contributed by atoms with Crippen LogP contribution >= 0.6 is 22.6 Å². The minimum Gasteiger partial charge on any atom is -0.493 e. The Labute approximate surface area is 107 Å². The molecule has 7 heteroatoms. The zero-order chi connectivity index (χ0) is 11.8. The van der Waals surface area contributed by atoms with E-state index in [1.165, 1.54) is 0 Å². The predicted octanol–water partition coefficient (Wildman–Crippen LogP) is 1.30. The third-order valence-corrected chi connectivity index (χ3v) is 4.03. The fraction of sp³-hybridized carbons (Fsp3) is 0.111. The molecule has 0 spiro atoms. The predicted molar refractivity (Wildman–Crippen MR) is 67.5 cm³/mol. The van der Waals surface area contributed by atoms with Gasteiger partial charge >= 0.3 is 10.2 Å². The monoisotopic (exact) mass is 352 g/mol. The number of nitrogens with zero attached hydrogens (tertiary/aromatic N) is 1. The van der Waals surface area contributed by atoms with E-state index in [1.807, 2.05) is 29.0 Å². The van der Waals surface area contributed by atoms with Crippen molar-refractivity contribution < 1.29 is 13.5 Å². The van der Waals surface area contributed by atoms with E-state index in [4.69, 9.17) is 5.11 Å². The molecule has 2 rings (SSSR count). The van der Waals surface area contributed by atoms with Crippen LogP contribution < -0.4 is 4.72 Å². The first-order chi connectivity index (χ1) is 7.47. The Morgan fingerprint density at radius 2 is 2.19 bits per heavy atom. The number of rotatable bonds is 2. The summed E-state index contributed by atoms with van der Waals surface area (Å²) in [5.41, 5.74) is 0.864. The molecule has 0 aromatic heterocycles. The molecule has 2 N–H and O–H groups in total. The van der Waals surface area contributed by atoms with Gasteiger partial charge in [-0.05, 0) is 40.3 Å². The van der Waals surface area contributed by atoms with Gasteiger partial charge in [-0.3, -0.25) is 4.31 Å². The Hall–Kier alpha value is -0.960. The van der Waals surface area contributed by atoms with Crippen molar-refractivity contribution in [3.63, 3.8) is 0 Å². The Bertz CT molecular complexity index is 541. The topological polar surface area (TPSA) is 69.6 Å². The fourth-order valence-electron chi connectivity index (χ4n) is 1.37. The lowest BCUT2D eigenvalue weighted by atomic mass is 10.2. The molecule has 16 heavy (non-hydrogen) atoms. The minimum absolute atomic E-state index is 0.205. The van der Waals surface area contributed by atoms with Gasteiger partial charge in [-0.15, -0.1) is 0 Å². The van der Waals surface area contributed by atoms with Crippen molar-refractivity contribution in [3.05, 3.63) is 45.5 Å². The summed E-state index contributed by atoms with van der Waals surface area (Å²) in [6.07, 6.45) is 1.16. The molecule has 1 aromatic carbocycles. The lowest BCUT2D eigenvalue weighted by Crippen LogP contribution is -2.29. The van der Waals surface area contributed by atoms with Gasteiger partial charge in [-0.25, -0.2) is 4.72 Å². The largest absolute Gasteiger partial charge is 0.493 e. The number of halogens is 1. The Morgan fingerprint density at radius 1 is 1.44 bits per heavy atom. The highest BCUT2D eigenvalue weighted by Gasteiger charge is 2.26. The van der Waals surface area contributed by atoms with Crippen molar-refractivity contribution in [2.24, 2.45) is 0 Å². The van der Waals surface area contributed by atoms with E-state index in [0.717, 1.165) is 19.6 Å². The summed E-state index contributed by atoms with van der Waals surface area (Å²) in [5.74, 6) is -0.356. The first-order valence-electron chi connectivity index (χ1n) is 4.42. The molecule has 1 aliphatic heterocycles. The van der Waals surface area contributed by atoms with E-state index in [1.54, 1.807) is 0 Å². The molecule has 0 fully saturated rings. The maximum absolute atomic E-state index is 11.5. The molecule has 0 unspecified atom stereocenters. The number of aliphatic hydroxyl groups is 1. The molecule has 0 saturated heterocycles. The molecule has 0 radical (unpaired) electrons. The van der Waals surface area contributed by atoms with Crippen LogP contribution in [-0.2, 0) is 16.8 Å². The SMILES string of the molecule is O=S1(=O)NC(O)=CN1Cc1cccc(I)c1. The third-order valence-electron chi connectivity index (χ3n) is 2.04. The molecule has 0 saturated carbocycles. The lowest BCUT2D eigenvalue weighted by Gasteiger charge is -2.13. The highest BCUT2D eigenvalue weighted by molar-refractivity contribution is 14.1. The van der Waals surface area contributed by atoms with Crippen LogP contribution in [0.3, 0.4) is 0 Å². The van der Waals surface area contributed by atoms with Gasteiger partial charge in [0.1, 0.15) is 0 Å². The third kappa shape index (κ3) is 2.40. The molecule has 86 valence electrons. The molecular weight excluding hydrogens is 343 g/mol.